The number of rotatable bonds is 7. The highest BCUT2D eigenvalue weighted by molar-refractivity contribution is 6.99. The maximum absolute atomic E-state index is 13.4. The summed E-state index contributed by atoms with van der Waals surface area (Å²) in [6, 6.07) is 20.7. The Bertz CT molecular complexity index is 1050. The van der Waals surface area contributed by atoms with Gasteiger partial charge >= 0.3 is 12.1 Å². The molecule has 7 heteroatoms. The van der Waals surface area contributed by atoms with Gasteiger partial charge in [-0.1, -0.05) is 87.5 Å². The Morgan fingerprint density at radius 2 is 1.51 bits per heavy atom. The number of ether oxygens (including phenoxy) is 2. The van der Waals surface area contributed by atoms with Crippen LogP contribution in [0.25, 0.3) is 0 Å². The maximum atomic E-state index is 13.4. The summed E-state index contributed by atoms with van der Waals surface area (Å²) in [5, 5.41) is 2.02. The second-order valence-corrected chi connectivity index (χ2v) is 16.0. The summed E-state index contributed by atoms with van der Waals surface area (Å²) in [6.45, 7) is 16.1. The monoisotopic (exact) mass is 523 g/mol. The molecular weight excluding hydrogens is 482 g/mol. The van der Waals surface area contributed by atoms with Gasteiger partial charge in [0, 0.05) is 6.42 Å². The van der Waals surface area contributed by atoms with Crippen molar-refractivity contribution >= 4 is 30.8 Å². The minimum atomic E-state index is -2.91. The number of benzene rings is 2. The fourth-order valence-corrected chi connectivity index (χ4v) is 10.1. The van der Waals surface area contributed by atoms with Crippen molar-refractivity contribution in [2.24, 2.45) is 0 Å². The van der Waals surface area contributed by atoms with Crippen molar-refractivity contribution in [3.8, 4) is 0 Å². The van der Waals surface area contributed by atoms with Gasteiger partial charge < -0.3 is 13.9 Å². The summed E-state index contributed by atoms with van der Waals surface area (Å²) in [5.41, 5.74) is -1.97. The zero-order valence-corrected chi connectivity index (χ0v) is 24.2. The van der Waals surface area contributed by atoms with Crippen molar-refractivity contribution in [2.45, 2.75) is 76.7 Å². The Kier molecular flexibility index (Phi) is 8.39. The smallest absolute Gasteiger partial charge is 0.411 e. The SMILES string of the molecule is C=CC[C@@]1(C(=O)OC)C[C@@H](O[Si](c2ccccc2)(c2ccccc2)C(C)(C)C)CN1C(=O)OC(C)(C)C. The zero-order valence-electron chi connectivity index (χ0n) is 23.2. The molecule has 1 heterocycles. The molecule has 0 aromatic heterocycles. The quantitative estimate of drug-likeness (QED) is 0.288. The molecule has 0 unspecified atom stereocenters. The molecule has 200 valence electrons. The normalized spacial score (nSPS) is 20.4. The summed E-state index contributed by atoms with van der Waals surface area (Å²) in [7, 11) is -1.57. The summed E-state index contributed by atoms with van der Waals surface area (Å²) < 4.78 is 18.3. The Morgan fingerprint density at radius 1 is 1.00 bits per heavy atom. The van der Waals surface area contributed by atoms with Gasteiger partial charge in [-0.05, 0) is 42.6 Å². The van der Waals surface area contributed by atoms with Crippen LogP contribution < -0.4 is 10.4 Å². The van der Waals surface area contributed by atoms with Crippen LogP contribution >= 0.6 is 0 Å². The topological polar surface area (TPSA) is 65.1 Å². The van der Waals surface area contributed by atoms with Crippen LogP contribution in [0, 0.1) is 0 Å². The number of carbonyl (C=O) groups excluding carboxylic acids is 2. The third kappa shape index (κ3) is 5.68. The molecule has 1 aliphatic rings. The summed E-state index contributed by atoms with van der Waals surface area (Å²) >= 11 is 0. The second kappa shape index (κ2) is 10.8. The predicted molar refractivity (Wildman–Crippen MR) is 150 cm³/mol. The first-order valence-electron chi connectivity index (χ1n) is 12.8. The van der Waals surface area contributed by atoms with Gasteiger partial charge in [-0.25, -0.2) is 9.59 Å². The molecule has 3 rings (SSSR count). The van der Waals surface area contributed by atoms with Crippen molar-refractivity contribution in [1.82, 2.24) is 4.90 Å². The van der Waals surface area contributed by atoms with E-state index in [2.05, 4.69) is 51.6 Å². The molecule has 0 saturated carbocycles. The molecule has 0 N–H and O–H groups in total. The number of carbonyl (C=O) groups is 2. The van der Waals surface area contributed by atoms with E-state index in [1.165, 1.54) is 12.0 Å². The van der Waals surface area contributed by atoms with Gasteiger partial charge in [0.15, 0.2) is 0 Å². The zero-order chi connectivity index (χ0) is 27.5. The van der Waals surface area contributed by atoms with Crippen LogP contribution in [0.5, 0.6) is 0 Å². The third-order valence-corrected chi connectivity index (χ3v) is 12.0. The Balaban J connectivity index is 2.15. The van der Waals surface area contributed by atoms with Gasteiger partial charge in [0.1, 0.15) is 11.1 Å². The fourth-order valence-electron chi connectivity index (χ4n) is 5.42. The van der Waals surface area contributed by atoms with Gasteiger partial charge in [0.25, 0.3) is 8.32 Å². The van der Waals surface area contributed by atoms with Crippen LogP contribution in [-0.2, 0) is 18.7 Å². The Morgan fingerprint density at radius 3 is 1.92 bits per heavy atom. The van der Waals surface area contributed by atoms with Crippen molar-refractivity contribution in [2.75, 3.05) is 13.7 Å². The highest BCUT2D eigenvalue weighted by Crippen LogP contribution is 2.42. The minimum absolute atomic E-state index is 0.211. The molecule has 37 heavy (non-hydrogen) atoms. The number of hydrogen-bond donors (Lipinski definition) is 0. The molecule has 0 spiro atoms. The number of amides is 1. The maximum Gasteiger partial charge on any atom is 0.411 e. The number of esters is 1. The molecule has 1 saturated heterocycles. The van der Waals surface area contributed by atoms with Crippen molar-refractivity contribution in [3.05, 3.63) is 73.3 Å². The number of nitrogens with zero attached hydrogens (tertiary/aromatic N) is 1. The molecule has 0 radical (unpaired) electrons. The van der Waals surface area contributed by atoms with Gasteiger partial charge in [-0.15, -0.1) is 6.58 Å². The van der Waals surface area contributed by atoms with E-state index in [0.29, 0.717) is 0 Å². The number of likely N-dealkylation sites (tertiary alicyclic amines) is 1. The van der Waals surface area contributed by atoms with E-state index in [-0.39, 0.29) is 24.4 Å². The Labute approximate surface area is 222 Å². The van der Waals surface area contributed by atoms with Crippen LogP contribution in [-0.4, -0.2) is 56.2 Å². The summed E-state index contributed by atoms with van der Waals surface area (Å²) in [5.74, 6) is -0.494. The van der Waals surface area contributed by atoms with Gasteiger partial charge in [0.2, 0.25) is 0 Å². The molecule has 2 atom stereocenters. The standard InChI is InChI=1S/C30H41NO5Si/c1-9-20-30(26(32)34-8)21-23(22-31(30)27(33)35-28(2,3)4)36-37(29(5,6)7,24-16-12-10-13-17-24)25-18-14-11-15-19-25/h9-19,23H,1,20-22H2,2-8H3/t23-,30+/m1/s1. The van der Waals surface area contributed by atoms with E-state index in [9.17, 15) is 9.59 Å². The average Bonchev–Trinajstić information content (AvgIpc) is 3.20. The van der Waals surface area contributed by atoms with E-state index in [0.717, 1.165) is 10.4 Å². The van der Waals surface area contributed by atoms with Crippen molar-refractivity contribution < 1.29 is 23.5 Å². The lowest BCUT2D eigenvalue weighted by Crippen LogP contribution is -2.67. The van der Waals surface area contributed by atoms with E-state index in [1.807, 2.05) is 57.2 Å². The van der Waals surface area contributed by atoms with Crippen LogP contribution in [0.4, 0.5) is 4.79 Å². The first-order valence-corrected chi connectivity index (χ1v) is 14.7. The third-order valence-electron chi connectivity index (χ3n) is 6.89. The van der Waals surface area contributed by atoms with E-state index in [1.54, 1.807) is 6.08 Å². The molecule has 2 aromatic rings. The molecular formula is C30H41NO5Si. The van der Waals surface area contributed by atoms with Gasteiger partial charge in [-0.2, -0.15) is 0 Å². The summed E-state index contributed by atoms with van der Waals surface area (Å²) in [4.78, 5) is 28.2. The molecule has 0 aliphatic carbocycles. The highest BCUT2D eigenvalue weighted by atomic mass is 28.4. The van der Waals surface area contributed by atoms with Crippen LogP contribution in [0.15, 0.2) is 73.3 Å². The van der Waals surface area contributed by atoms with Gasteiger partial charge in [0.05, 0.1) is 19.8 Å². The number of hydrogen-bond acceptors (Lipinski definition) is 5. The predicted octanol–water partition coefficient (Wildman–Crippen LogP) is 5.06. The van der Waals surface area contributed by atoms with Crippen molar-refractivity contribution in [3.63, 3.8) is 0 Å². The first kappa shape index (κ1) is 28.7. The lowest BCUT2D eigenvalue weighted by atomic mass is 9.91. The fraction of sp³-hybridized carbons (Fsp3) is 0.467. The Hall–Kier alpha value is -2.90. The largest absolute Gasteiger partial charge is 0.467 e. The average molecular weight is 524 g/mol. The van der Waals surface area contributed by atoms with E-state index >= 15 is 0 Å². The summed E-state index contributed by atoms with van der Waals surface area (Å²) in [6.07, 6.45) is 1.19. The molecule has 1 amide bonds. The van der Waals surface area contributed by atoms with Gasteiger partial charge in [-0.3, -0.25) is 4.90 Å². The minimum Gasteiger partial charge on any atom is -0.467 e. The lowest BCUT2D eigenvalue weighted by molar-refractivity contribution is -0.153. The molecule has 2 aromatic carbocycles. The van der Waals surface area contributed by atoms with Crippen LogP contribution in [0.1, 0.15) is 54.4 Å². The molecule has 0 bridgehead atoms. The van der Waals surface area contributed by atoms with E-state index in [4.69, 9.17) is 13.9 Å². The molecule has 1 fully saturated rings. The van der Waals surface area contributed by atoms with Crippen LogP contribution in [0.2, 0.25) is 5.04 Å². The van der Waals surface area contributed by atoms with E-state index < -0.39 is 37.6 Å². The second-order valence-electron chi connectivity index (χ2n) is 11.7. The van der Waals surface area contributed by atoms with Crippen LogP contribution in [0.3, 0.4) is 0 Å². The lowest BCUT2D eigenvalue weighted by Gasteiger charge is -2.44. The van der Waals surface area contributed by atoms with Crippen molar-refractivity contribution in [1.29, 1.82) is 0 Å². The highest BCUT2D eigenvalue weighted by Gasteiger charge is 2.59. The molecule has 6 nitrogen and oxygen atoms in total. The molecule has 1 aliphatic heterocycles. The number of methoxy groups -OCH3 is 1. The first-order chi connectivity index (χ1) is 17.3.